The number of hydrogen-bond donors (Lipinski definition) is 0. The third-order valence-corrected chi connectivity index (χ3v) is 7.94. The molecule has 0 radical (unpaired) electrons. The van der Waals surface area contributed by atoms with Gasteiger partial charge >= 0.3 is 0 Å². The molecular weight excluding hydrogens is 520 g/mol. The van der Waals surface area contributed by atoms with Crippen molar-refractivity contribution >= 4 is 17.2 Å². The van der Waals surface area contributed by atoms with Crippen LogP contribution in [0.25, 0.3) is 50.2 Å². The van der Waals surface area contributed by atoms with Crippen LogP contribution in [-0.2, 0) is 5.92 Å². The van der Waals surface area contributed by atoms with E-state index in [9.17, 15) is 0 Å². The Morgan fingerprint density at radius 1 is 0.600 bits per heavy atom. The predicted molar refractivity (Wildman–Crippen MR) is 160 cm³/mol. The normalized spacial score (nSPS) is 14.9. The first-order valence-electron chi connectivity index (χ1n) is 13.4. The minimum atomic E-state index is -3.03. The molecule has 1 aromatic heterocycles. The molecule has 0 saturated heterocycles. The van der Waals surface area contributed by atoms with Crippen LogP contribution < -0.4 is 0 Å². The van der Waals surface area contributed by atoms with Gasteiger partial charge in [-0.1, -0.05) is 103 Å². The van der Waals surface area contributed by atoms with Crippen molar-refractivity contribution in [2.24, 2.45) is 0 Å². The smallest absolute Gasteiger partial charge is 0.248 e. The van der Waals surface area contributed by atoms with E-state index in [2.05, 4.69) is 42.5 Å². The molecule has 0 N–H and O–H groups in total. The number of hydrogen-bond acceptors (Lipinski definition) is 1. The van der Waals surface area contributed by atoms with Gasteiger partial charge < -0.3 is 0 Å². The van der Waals surface area contributed by atoms with Gasteiger partial charge in [0, 0.05) is 21.7 Å². The van der Waals surface area contributed by atoms with Crippen LogP contribution in [0, 0.1) is 0 Å². The molecule has 0 fully saturated rings. The monoisotopic (exact) mass is 543 g/mol. The molecule has 1 nitrogen and oxygen atoms in total. The standard InChI is InChI=1S/C36H24ClF2N/c37-29-16-18-33-31(22-29)30-19-27(15-17-32(30)36(33,38)39)24-11-13-26(14-12-24)35-21-28(23-7-3-1-4-8-23)20-34(40-35)25-9-5-2-6-10-25/h1,3-5,7-22H,2,6H2. The molecule has 2 aliphatic rings. The topological polar surface area (TPSA) is 12.9 Å². The minimum Gasteiger partial charge on any atom is -0.248 e. The van der Waals surface area contributed by atoms with Gasteiger partial charge in [-0.05, 0) is 82.1 Å². The molecule has 194 valence electrons. The zero-order chi connectivity index (χ0) is 27.3. The van der Waals surface area contributed by atoms with Crippen LogP contribution in [0.5, 0.6) is 0 Å². The Balaban J connectivity index is 1.27. The number of rotatable bonds is 4. The number of allylic oxidation sites excluding steroid dienone is 4. The van der Waals surface area contributed by atoms with Gasteiger partial charge in [-0.3, -0.25) is 0 Å². The molecule has 0 unspecified atom stereocenters. The number of fused-ring (bicyclic) bond motifs is 3. The van der Waals surface area contributed by atoms with E-state index in [1.165, 1.54) is 18.2 Å². The Labute approximate surface area is 237 Å². The molecule has 1 heterocycles. The minimum absolute atomic E-state index is 0.00231. The van der Waals surface area contributed by atoms with Crippen LogP contribution in [0.4, 0.5) is 8.78 Å². The van der Waals surface area contributed by atoms with E-state index >= 15 is 8.78 Å². The van der Waals surface area contributed by atoms with Gasteiger partial charge in [-0.25, -0.2) is 4.98 Å². The van der Waals surface area contributed by atoms with Gasteiger partial charge in [-0.15, -0.1) is 0 Å². The van der Waals surface area contributed by atoms with Crippen LogP contribution in [0.2, 0.25) is 5.02 Å². The largest absolute Gasteiger partial charge is 0.299 e. The van der Waals surface area contributed by atoms with Crippen LogP contribution in [-0.4, -0.2) is 4.98 Å². The molecule has 0 saturated carbocycles. The van der Waals surface area contributed by atoms with Crippen molar-refractivity contribution in [3.8, 4) is 44.6 Å². The van der Waals surface area contributed by atoms with Crippen LogP contribution >= 0.6 is 11.6 Å². The number of nitrogens with zero attached hydrogens (tertiary/aromatic N) is 1. The lowest BCUT2D eigenvalue weighted by Gasteiger charge is -2.13. The van der Waals surface area contributed by atoms with Crippen molar-refractivity contribution in [2.75, 3.05) is 0 Å². The quantitative estimate of drug-likeness (QED) is 0.220. The highest BCUT2D eigenvalue weighted by molar-refractivity contribution is 6.31. The highest BCUT2D eigenvalue weighted by Crippen LogP contribution is 2.52. The van der Waals surface area contributed by atoms with Gasteiger partial charge in [0.15, 0.2) is 0 Å². The van der Waals surface area contributed by atoms with E-state index in [0.29, 0.717) is 16.1 Å². The first-order valence-corrected chi connectivity index (χ1v) is 13.7. The van der Waals surface area contributed by atoms with Crippen molar-refractivity contribution in [3.63, 3.8) is 0 Å². The van der Waals surface area contributed by atoms with E-state index in [1.807, 2.05) is 48.5 Å². The molecule has 4 aromatic carbocycles. The summed E-state index contributed by atoms with van der Waals surface area (Å²) in [5, 5.41) is 0.446. The number of benzene rings is 4. The zero-order valence-corrected chi connectivity index (χ0v) is 22.3. The lowest BCUT2D eigenvalue weighted by Crippen LogP contribution is -2.10. The maximum absolute atomic E-state index is 15.1. The van der Waals surface area contributed by atoms with E-state index in [0.717, 1.165) is 57.6 Å². The summed E-state index contributed by atoms with van der Waals surface area (Å²) in [5.74, 6) is -3.03. The summed E-state index contributed by atoms with van der Waals surface area (Å²) in [6.45, 7) is 0. The summed E-state index contributed by atoms with van der Waals surface area (Å²) in [5.41, 5.74) is 9.08. The van der Waals surface area contributed by atoms with Crippen molar-refractivity contribution in [1.29, 1.82) is 0 Å². The summed E-state index contributed by atoms with van der Waals surface area (Å²) < 4.78 is 30.2. The van der Waals surface area contributed by atoms with E-state index in [-0.39, 0.29) is 11.1 Å². The van der Waals surface area contributed by atoms with Crippen molar-refractivity contribution in [3.05, 3.63) is 143 Å². The molecule has 7 rings (SSSR count). The molecule has 0 bridgehead atoms. The average Bonchev–Trinajstić information content (AvgIpc) is 3.23. The maximum atomic E-state index is 15.1. The lowest BCUT2D eigenvalue weighted by atomic mass is 9.96. The SMILES string of the molecule is FC1(F)c2ccc(Cl)cc2-c2cc(-c3ccc(-c4cc(-c5ccccc5)cc(C5=CCCC=C5)n4)cc3)ccc21. The van der Waals surface area contributed by atoms with Crippen molar-refractivity contribution in [1.82, 2.24) is 4.98 Å². The molecule has 0 atom stereocenters. The van der Waals surface area contributed by atoms with Gasteiger partial charge in [0.1, 0.15) is 0 Å². The fraction of sp³-hybridized carbons (Fsp3) is 0.0833. The summed E-state index contributed by atoms with van der Waals surface area (Å²) in [7, 11) is 0. The second kappa shape index (κ2) is 9.69. The molecule has 40 heavy (non-hydrogen) atoms. The number of halogens is 3. The van der Waals surface area contributed by atoms with E-state index in [1.54, 1.807) is 12.1 Å². The van der Waals surface area contributed by atoms with Gasteiger partial charge in [0.25, 0.3) is 5.92 Å². The second-order valence-corrected chi connectivity index (χ2v) is 10.7. The summed E-state index contributed by atoms with van der Waals surface area (Å²) in [6.07, 6.45) is 8.65. The molecule has 0 spiro atoms. The van der Waals surface area contributed by atoms with Crippen LogP contribution in [0.1, 0.15) is 29.7 Å². The Kier molecular flexibility index (Phi) is 5.98. The first kappa shape index (κ1) is 24.7. The number of pyridine rings is 1. The second-order valence-electron chi connectivity index (χ2n) is 10.2. The van der Waals surface area contributed by atoms with Crippen molar-refractivity contribution in [2.45, 2.75) is 18.8 Å². The first-order chi connectivity index (χ1) is 19.5. The third-order valence-electron chi connectivity index (χ3n) is 7.71. The fourth-order valence-corrected chi connectivity index (χ4v) is 5.81. The Bertz CT molecular complexity index is 1820. The molecule has 4 heteroatoms. The van der Waals surface area contributed by atoms with Crippen LogP contribution in [0.15, 0.2) is 121 Å². The molecule has 2 aliphatic carbocycles. The molecular formula is C36H24ClF2N. The predicted octanol–water partition coefficient (Wildman–Crippen LogP) is 10.6. The fourth-order valence-electron chi connectivity index (χ4n) is 5.64. The lowest BCUT2D eigenvalue weighted by molar-refractivity contribution is 0.0480. The van der Waals surface area contributed by atoms with Crippen LogP contribution in [0.3, 0.4) is 0 Å². The third kappa shape index (κ3) is 4.27. The van der Waals surface area contributed by atoms with Gasteiger partial charge in [-0.2, -0.15) is 8.78 Å². The Hall–Kier alpha value is -4.34. The highest BCUT2D eigenvalue weighted by atomic mass is 35.5. The summed E-state index contributed by atoms with van der Waals surface area (Å²) >= 11 is 6.17. The molecule has 0 amide bonds. The van der Waals surface area contributed by atoms with E-state index in [4.69, 9.17) is 16.6 Å². The molecule has 5 aromatic rings. The van der Waals surface area contributed by atoms with E-state index < -0.39 is 5.92 Å². The van der Waals surface area contributed by atoms with Crippen molar-refractivity contribution < 1.29 is 8.78 Å². The zero-order valence-electron chi connectivity index (χ0n) is 21.5. The molecule has 0 aliphatic heterocycles. The Morgan fingerprint density at radius 2 is 1.25 bits per heavy atom. The number of alkyl halides is 2. The average molecular weight is 544 g/mol. The van der Waals surface area contributed by atoms with Gasteiger partial charge in [0.2, 0.25) is 0 Å². The Morgan fingerprint density at radius 3 is 2.00 bits per heavy atom. The van der Waals surface area contributed by atoms with Gasteiger partial charge in [0.05, 0.1) is 11.4 Å². The maximum Gasteiger partial charge on any atom is 0.299 e. The number of aromatic nitrogens is 1. The summed E-state index contributed by atoms with van der Waals surface area (Å²) in [6, 6.07) is 32.5. The summed E-state index contributed by atoms with van der Waals surface area (Å²) in [4.78, 5) is 5.04. The highest BCUT2D eigenvalue weighted by Gasteiger charge is 2.44.